The van der Waals surface area contributed by atoms with Gasteiger partial charge in [-0.2, -0.15) is 0 Å². The number of hydrogen-bond donors (Lipinski definition) is 1. The van der Waals surface area contributed by atoms with E-state index >= 15 is 0 Å². The maximum Gasteiger partial charge on any atom is 0.410 e. The highest BCUT2D eigenvalue weighted by atomic mass is 16.6. The Labute approximate surface area is 181 Å². The van der Waals surface area contributed by atoms with E-state index in [1.807, 2.05) is 64.4 Å². The molecule has 3 aromatic heterocycles. The lowest BCUT2D eigenvalue weighted by Crippen LogP contribution is -2.51. The average molecular weight is 425 g/mol. The van der Waals surface area contributed by atoms with Crippen molar-refractivity contribution in [3.63, 3.8) is 0 Å². The largest absolute Gasteiger partial charge is 0.471 e. The molecule has 0 radical (unpaired) electrons. The fourth-order valence-corrected chi connectivity index (χ4v) is 3.47. The molecule has 1 saturated heterocycles. The van der Waals surface area contributed by atoms with Gasteiger partial charge in [-0.15, -0.1) is 0 Å². The summed E-state index contributed by atoms with van der Waals surface area (Å²) in [4.78, 5) is 26.4. The van der Waals surface area contributed by atoms with Gasteiger partial charge in [0.2, 0.25) is 5.88 Å². The number of pyridine rings is 2. The molecule has 2 atom stereocenters. The van der Waals surface area contributed by atoms with Crippen LogP contribution in [0.1, 0.15) is 27.7 Å². The summed E-state index contributed by atoms with van der Waals surface area (Å²) in [6.07, 6.45) is 4.51. The van der Waals surface area contributed by atoms with Gasteiger partial charge in [-0.1, -0.05) is 0 Å². The van der Waals surface area contributed by atoms with Crippen LogP contribution < -0.4 is 4.74 Å². The minimum absolute atomic E-state index is 0.300. The molecule has 1 N–H and O–H groups in total. The number of carbonyl (C=O) groups excluding carboxylic acids is 1. The maximum absolute atomic E-state index is 12.5. The van der Waals surface area contributed by atoms with Gasteiger partial charge in [-0.05, 0) is 52.0 Å². The highest BCUT2D eigenvalue weighted by Gasteiger charge is 2.32. The van der Waals surface area contributed by atoms with Gasteiger partial charge in [0, 0.05) is 30.7 Å². The van der Waals surface area contributed by atoms with Crippen molar-refractivity contribution >= 4 is 17.0 Å². The highest BCUT2D eigenvalue weighted by molar-refractivity contribution is 5.86. The lowest BCUT2D eigenvalue weighted by Gasteiger charge is -2.36. The molecule has 1 fully saturated rings. The van der Waals surface area contributed by atoms with E-state index in [1.165, 1.54) is 0 Å². The molecule has 164 valence electrons. The molecular formula is C23H28N4O4. The van der Waals surface area contributed by atoms with Crippen molar-refractivity contribution in [2.45, 2.75) is 45.5 Å². The summed E-state index contributed by atoms with van der Waals surface area (Å²) in [6.45, 7) is 8.81. The van der Waals surface area contributed by atoms with Crippen LogP contribution in [0.5, 0.6) is 5.88 Å². The zero-order chi connectivity index (χ0) is 22.0. The van der Waals surface area contributed by atoms with Crippen LogP contribution in [0.15, 0.2) is 42.9 Å². The Kier molecular flexibility index (Phi) is 5.82. The lowest BCUT2D eigenvalue weighted by molar-refractivity contribution is -0.0782. The molecule has 8 heteroatoms. The summed E-state index contributed by atoms with van der Waals surface area (Å²) in [6, 6.07) is 7.69. The number of rotatable bonds is 4. The molecule has 0 unspecified atom stereocenters. The predicted molar refractivity (Wildman–Crippen MR) is 117 cm³/mol. The first kappa shape index (κ1) is 21.1. The normalized spacial score (nSPS) is 18.1. The van der Waals surface area contributed by atoms with Crippen molar-refractivity contribution in [3.8, 4) is 17.1 Å². The molecule has 0 aromatic carbocycles. The second-order valence-corrected chi connectivity index (χ2v) is 8.64. The van der Waals surface area contributed by atoms with E-state index in [2.05, 4.69) is 9.97 Å². The van der Waals surface area contributed by atoms with Crippen LogP contribution in [-0.2, 0) is 9.47 Å². The molecule has 31 heavy (non-hydrogen) atoms. The van der Waals surface area contributed by atoms with Gasteiger partial charge in [-0.25, -0.2) is 9.78 Å². The zero-order valence-electron chi connectivity index (χ0n) is 18.3. The molecule has 1 aliphatic heterocycles. The first-order valence-corrected chi connectivity index (χ1v) is 10.5. The Hall–Kier alpha value is -3.13. The van der Waals surface area contributed by atoms with Crippen molar-refractivity contribution in [2.75, 3.05) is 19.7 Å². The second-order valence-electron chi connectivity index (χ2n) is 8.64. The van der Waals surface area contributed by atoms with Crippen LogP contribution in [-0.4, -0.2) is 63.5 Å². The van der Waals surface area contributed by atoms with Crippen molar-refractivity contribution in [1.82, 2.24) is 19.9 Å². The summed E-state index contributed by atoms with van der Waals surface area (Å²) in [5, 5.41) is 0.827. The molecule has 4 rings (SSSR count). The monoisotopic (exact) mass is 424 g/mol. The molecule has 4 heterocycles. The SMILES string of the molecule is C[C@@H](Oc1nc(-c2cc[nH]c2)cc2ncccc12)[C@@H]1CN(C(=O)OC(C)(C)C)CCO1. The number of nitrogens with zero attached hydrogens (tertiary/aromatic N) is 3. The third-order valence-electron chi connectivity index (χ3n) is 5.02. The number of morpholine rings is 1. The third-order valence-corrected chi connectivity index (χ3v) is 5.02. The predicted octanol–water partition coefficient (Wildman–Crippen LogP) is 4.03. The van der Waals surface area contributed by atoms with Crippen molar-refractivity contribution < 1.29 is 19.0 Å². The maximum atomic E-state index is 12.5. The molecule has 0 saturated carbocycles. The number of amides is 1. The molecule has 3 aromatic rings. The van der Waals surface area contributed by atoms with Crippen LogP contribution in [0.4, 0.5) is 4.79 Å². The zero-order valence-corrected chi connectivity index (χ0v) is 18.3. The number of aromatic amines is 1. The van der Waals surface area contributed by atoms with E-state index in [4.69, 9.17) is 19.2 Å². The van der Waals surface area contributed by atoms with E-state index in [9.17, 15) is 4.79 Å². The summed E-state index contributed by atoms with van der Waals surface area (Å²) in [5.74, 6) is 0.493. The Balaban J connectivity index is 1.54. The van der Waals surface area contributed by atoms with Crippen LogP contribution in [0.25, 0.3) is 22.2 Å². The Morgan fingerprint density at radius 1 is 1.35 bits per heavy atom. The van der Waals surface area contributed by atoms with Gasteiger partial charge < -0.3 is 24.1 Å². The van der Waals surface area contributed by atoms with Crippen molar-refractivity contribution in [1.29, 1.82) is 0 Å². The molecule has 1 aliphatic rings. The van der Waals surface area contributed by atoms with Gasteiger partial charge in [0.25, 0.3) is 0 Å². The Morgan fingerprint density at radius 2 is 2.19 bits per heavy atom. The summed E-state index contributed by atoms with van der Waals surface area (Å²) < 4.78 is 17.7. The van der Waals surface area contributed by atoms with Gasteiger partial charge >= 0.3 is 6.09 Å². The highest BCUT2D eigenvalue weighted by Crippen LogP contribution is 2.29. The molecular weight excluding hydrogens is 396 g/mol. The van der Waals surface area contributed by atoms with E-state index in [1.54, 1.807) is 11.1 Å². The summed E-state index contributed by atoms with van der Waals surface area (Å²) in [5.41, 5.74) is 1.99. The fourth-order valence-electron chi connectivity index (χ4n) is 3.47. The summed E-state index contributed by atoms with van der Waals surface area (Å²) >= 11 is 0. The van der Waals surface area contributed by atoms with E-state index in [-0.39, 0.29) is 18.3 Å². The number of hydrogen-bond acceptors (Lipinski definition) is 6. The lowest BCUT2D eigenvalue weighted by atomic mass is 10.1. The van der Waals surface area contributed by atoms with Gasteiger partial charge in [-0.3, -0.25) is 4.98 Å². The number of nitrogens with one attached hydrogen (secondary N) is 1. The minimum Gasteiger partial charge on any atom is -0.471 e. The number of carbonyl (C=O) groups is 1. The fraction of sp³-hybridized carbons (Fsp3) is 0.435. The van der Waals surface area contributed by atoms with E-state index < -0.39 is 5.60 Å². The number of aromatic nitrogens is 3. The Bertz CT molecular complexity index is 1050. The number of H-pyrrole nitrogens is 1. The van der Waals surface area contributed by atoms with Gasteiger partial charge in [0.15, 0.2) is 0 Å². The Morgan fingerprint density at radius 3 is 2.94 bits per heavy atom. The van der Waals surface area contributed by atoms with Crippen LogP contribution in [0.3, 0.4) is 0 Å². The third kappa shape index (κ3) is 4.96. The average Bonchev–Trinajstić information content (AvgIpc) is 3.27. The molecule has 0 spiro atoms. The number of fused-ring (bicyclic) bond motifs is 1. The number of ether oxygens (including phenoxy) is 3. The molecule has 0 bridgehead atoms. The smallest absolute Gasteiger partial charge is 0.410 e. The van der Waals surface area contributed by atoms with Crippen molar-refractivity contribution in [2.24, 2.45) is 0 Å². The first-order chi connectivity index (χ1) is 14.8. The minimum atomic E-state index is -0.540. The van der Waals surface area contributed by atoms with Gasteiger partial charge in [0.1, 0.15) is 17.8 Å². The van der Waals surface area contributed by atoms with E-state index in [0.29, 0.717) is 25.6 Å². The first-order valence-electron chi connectivity index (χ1n) is 10.5. The van der Waals surface area contributed by atoms with E-state index in [0.717, 1.165) is 22.2 Å². The summed E-state index contributed by atoms with van der Waals surface area (Å²) in [7, 11) is 0. The standard InChI is InChI=1S/C23H28N4O4/c1-15(20-14-27(10-11-29-20)22(28)31-23(2,3)4)30-21-17-6-5-8-25-19(17)12-18(26-21)16-7-9-24-13-16/h5-9,12-13,15,20,24H,10-11,14H2,1-4H3/t15-,20+/m1/s1. The topological polar surface area (TPSA) is 89.6 Å². The van der Waals surface area contributed by atoms with Crippen LogP contribution in [0.2, 0.25) is 0 Å². The molecule has 8 nitrogen and oxygen atoms in total. The molecule has 1 amide bonds. The van der Waals surface area contributed by atoms with Crippen LogP contribution >= 0.6 is 0 Å². The van der Waals surface area contributed by atoms with Gasteiger partial charge in [0.05, 0.1) is 29.7 Å². The molecule has 0 aliphatic carbocycles. The quantitative estimate of drug-likeness (QED) is 0.680. The van der Waals surface area contributed by atoms with Crippen LogP contribution in [0, 0.1) is 0 Å². The second kappa shape index (κ2) is 8.55. The van der Waals surface area contributed by atoms with Crippen molar-refractivity contribution in [3.05, 3.63) is 42.9 Å².